The van der Waals surface area contributed by atoms with E-state index in [1.807, 2.05) is 31.2 Å². The molecule has 0 saturated carbocycles. The van der Waals surface area contributed by atoms with Crippen LogP contribution in [-0.4, -0.2) is 19.0 Å². The van der Waals surface area contributed by atoms with Gasteiger partial charge in [0.2, 0.25) is 0 Å². The first-order chi connectivity index (χ1) is 7.77. The van der Waals surface area contributed by atoms with Crippen molar-refractivity contribution in [2.45, 2.75) is 33.1 Å². The predicted octanol–water partition coefficient (Wildman–Crippen LogP) is 3.25. The quantitative estimate of drug-likeness (QED) is 0.521. The molecule has 0 aliphatic rings. The van der Waals surface area contributed by atoms with E-state index >= 15 is 0 Å². The van der Waals surface area contributed by atoms with Crippen LogP contribution in [0.25, 0.3) is 0 Å². The van der Waals surface area contributed by atoms with E-state index in [4.69, 9.17) is 4.74 Å². The summed E-state index contributed by atoms with van der Waals surface area (Å²) in [5.74, 6) is 0.0662. The van der Waals surface area contributed by atoms with Crippen LogP contribution in [-0.2, 0) is 11.2 Å². The van der Waals surface area contributed by atoms with Gasteiger partial charge in [0.15, 0.2) is 5.78 Å². The molecule has 1 rings (SSSR count). The van der Waals surface area contributed by atoms with Gasteiger partial charge in [-0.1, -0.05) is 44.5 Å². The average molecular weight is 220 g/mol. The molecule has 0 spiro atoms. The summed E-state index contributed by atoms with van der Waals surface area (Å²) in [4.78, 5) is 11.7. The highest BCUT2D eigenvalue weighted by Gasteiger charge is 2.05. The molecule has 0 aromatic heterocycles. The fraction of sp³-hybridized carbons (Fsp3) is 0.500. The molecule has 0 radical (unpaired) electrons. The summed E-state index contributed by atoms with van der Waals surface area (Å²) in [7, 11) is 0. The van der Waals surface area contributed by atoms with Crippen molar-refractivity contribution in [3.63, 3.8) is 0 Å². The molecule has 0 fully saturated rings. The molecule has 0 aliphatic carbocycles. The number of hydrogen-bond acceptors (Lipinski definition) is 2. The van der Waals surface area contributed by atoms with Crippen LogP contribution in [0.3, 0.4) is 0 Å². The number of benzene rings is 1. The number of carbonyl (C=O) groups excluding carboxylic acids is 1. The standard InChI is InChI=1S/C14H20O2/c1-3-5-12-6-8-13(9-7-12)14(15)11-16-10-4-2/h6-9H,3-5,10-11H2,1-2H3. The predicted molar refractivity (Wildman–Crippen MR) is 65.9 cm³/mol. The topological polar surface area (TPSA) is 26.3 Å². The van der Waals surface area contributed by atoms with Crippen LogP contribution in [0.1, 0.15) is 42.6 Å². The molecule has 1 aromatic rings. The SMILES string of the molecule is CCCOCC(=O)c1ccc(CCC)cc1. The molecular weight excluding hydrogens is 200 g/mol. The number of ether oxygens (including phenoxy) is 1. The molecule has 0 aliphatic heterocycles. The minimum Gasteiger partial charge on any atom is -0.373 e. The molecule has 0 bridgehead atoms. The van der Waals surface area contributed by atoms with E-state index in [1.165, 1.54) is 5.56 Å². The summed E-state index contributed by atoms with van der Waals surface area (Å²) in [5.41, 5.74) is 2.03. The molecule has 0 unspecified atom stereocenters. The lowest BCUT2D eigenvalue weighted by atomic mass is 10.1. The molecule has 2 heteroatoms. The van der Waals surface area contributed by atoms with E-state index < -0.39 is 0 Å². The maximum Gasteiger partial charge on any atom is 0.188 e. The molecule has 0 N–H and O–H groups in total. The van der Waals surface area contributed by atoms with Crippen molar-refractivity contribution in [3.8, 4) is 0 Å². The Bertz CT molecular complexity index is 314. The largest absolute Gasteiger partial charge is 0.373 e. The number of ketones is 1. The Labute approximate surface area is 97.6 Å². The number of carbonyl (C=O) groups is 1. The van der Waals surface area contributed by atoms with Gasteiger partial charge in [-0.2, -0.15) is 0 Å². The maximum atomic E-state index is 11.7. The van der Waals surface area contributed by atoms with Gasteiger partial charge in [0.05, 0.1) is 0 Å². The highest BCUT2D eigenvalue weighted by atomic mass is 16.5. The molecule has 16 heavy (non-hydrogen) atoms. The van der Waals surface area contributed by atoms with Gasteiger partial charge in [0.1, 0.15) is 6.61 Å². The lowest BCUT2D eigenvalue weighted by Crippen LogP contribution is -2.09. The third-order valence-corrected chi connectivity index (χ3v) is 2.40. The monoisotopic (exact) mass is 220 g/mol. The van der Waals surface area contributed by atoms with Gasteiger partial charge in [-0.3, -0.25) is 4.79 Å². The van der Waals surface area contributed by atoms with E-state index in [0.29, 0.717) is 6.61 Å². The fourth-order valence-electron chi connectivity index (χ4n) is 1.54. The van der Waals surface area contributed by atoms with Crippen molar-refractivity contribution < 1.29 is 9.53 Å². The summed E-state index contributed by atoms with van der Waals surface area (Å²) < 4.78 is 5.23. The first kappa shape index (κ1) is 12.9. The van der Waals surface area contributed by atoms with Gasteiger partial charge < -0.3 is 4.74 Å². The highest BCUT2D eigenvalue weighted by Crippen LogP contribution is 2.07. The van der Waals surface area contributed by atoms with E-state index in [0.717, 1.165) is 24.8 Å². The van der Waals surface area contributed by atoms with Gasteiger partial charge in [0.25, 0.3) is 0 Å². The number of aryl methyl sites for hydroxylation is 1. The zero-order valence-corrected chi connectivity index (χ0v) is 10.2. The van der Waals surface area contributed by atoms with E-state index in [-0.39, 0.29) is 12.4 Å². The van der Waals surface area contributed by atoms with Crippen LogP contribution in [0, 0.1) is 0 Å². The van der Waals surface area contributed by atoms with Crippen molar-refractivity contribution in [2.75, 3.05) is 13.2 Å². The summed E-state index contributed by atoms with van der Waals surface area (Å²) in [6.07, 6.45) is 3.15. The third kappa shape index (κ3) is 4.15. The zero-order valence-electron chi connectivity index (χ0n) is 10.2. The Hall–Kier alpha value is -1.15. The Morgan fingerprint density at radius 3 is 2.38 bits per heavy atom. The minimum absolute atomic E-state index is 0.0662. The second-order valence-corrected chi connectivity index (χ2v) is 3.92. The highest BCUT2D eigenvalue weighted by molar-refractivity contribution is 5.97. The van der Waals surface area contributed by atoms with Crippen LogP contribution < -0.4 is 0 Å². The van der Waals surface area contributed by atoms with Crippen LogP contribution >= 0.6 is 0 Å². The molecule has 0 atom stereocenters. The lowest BCUT2D eigenvalue weighted by molar-refractivity contribution is 0.0761. The average Bonchev–Trinajstić information content (AvgIpc) is 2.30. The molecule has 0 heterocycles. The summed E-state index contributed by atoms with van der Waals surface area (Å²) in [6.45, 7) is 5.03. The summed E-state index contributed by atoms with van der Waals surface area (Å²) >= 11 is 0. The van der Waals surface area contributed by atoms with Crippen molar-refractivity contribution in [1.29, 1.82) is 0 Å². The van der Waals surface area contributed by atoms with Crippen molar-refractivity contribution in [2.24, 2.45) is 0 Å². The zero-order chi connectivity index (χ0) is 11.8. The minimum atomic E-state index is 0.0662. The molecular formula is C14H20O2. The maximum absolute atomic E-state index is 11.7. The Balaban J connectivity index is 2.49. The fourth-order valence-corrected chi connectivity index (χ4v) is 1.54. The second kappa shape index (κ2) is 7.18. The van der Waals surface area contributed by atoms with Crippen LogP contribution in [0.5, 0.6) is 0 Å². The van der Waals surface area contributed by atoms with Crippen LogP contribution in [0.4, 0.5) is 0 Å². The van der Waals surface area contributed by atoms with Crippen molar-refractivity contribution in [3.05, 3.63) is 35.4 Å². The van der Waals surface area contributed by atoms with Crippen molar-refractivity contribution >= 4 is 5.78 Å². The van der Waals surface area contributed by atoms with Gasteiger partial charge in [-0.25, -0.2) is 0 Å². The molecule has 88 valence electrons. The Morgan fingerprint density at radius 2 is 1.81 bits per heavy atom. The van der Waals surface area contributed by atoms with Gasteiger partial charge in [-0.05, 0) is 18.4 Å². The first-order valence-corrected chi connectivity index (χ1v) is 5.97. The lowest BCUT2D eigenvalue weighted by Gasteiger charge is -2.03. The number of rotatable bonds is 7. The van der Waals surface area contributed by atoms with Crippen LogP contribution in [0.2, 0.25) is 0 Å². The first-order valence-electron chi connectivity index (χ1n) is 5.97. The Morgan fingerprint density at radius 1 is 1.12 bits per heavy atom. The van der Waals surface area contributed by atoms with E-state index in [2.05, 4.69) is 6.92 Å². The molecule has 1 aromatic carbocycles. The second-order valence-electron chi connectivity index (χ2n) is 3.92. The molecule has 0 saturated heterocycles. The number of hydrogen-bond donors (Lipinski definition) is 0. The van der Waals surface area contributed by atoms with Crippen molar-refractivity contribution in [1.82, 2.24) is 0 Å². The van der Waals surface area contributed by atoms with Gasteiger partial charge in [-0.15, -0.1) is 0 Å². The summed E-state index contributed by atoms with van der Waals surface area (Å²) in [6, 6.07) is 7.83. The molecule has 2 nitrogen and oxygen atoms in total. The molecule has 0 amide bonds. The summed E-state index contributed by atoms with van der Waals surface area (Å²) in [5, 5.41) is 0. The third-order valence-electron chi connectivity index (χ3n) is 2.40. The smallest absolute Gasteiger partial charge is 0.188 e. The van der Waals surface area contributed by atoms with Gasteiger partial charge >= 0.3 is 0 Å². The van der Waals surface area contributed by atoms with E-state index in [1.54, 1.807) is 0 Å². The number of Topliss-reactive ketones (excluding diaryl/α,β-unsaturated/α-hetero) is 1. The van der Waals surface area contributed by atoms with E-state index in [9.17, 15) is 4.79 Å². The van der Waals surface area contributed by atoms with Gasteiger partial charge in [0, 0.05) is 12.2 Å². The Kier molecular flexibility index (Phi) is 5.79. The normalized spacial score (nSPS) is 10.4. The van der Waals surface area contributed by atoms with Crippen LogP contribution in [0.15, 0.2) is 24.3 Å².